The van der Waals surface area contributed by atoms with Crippen LogP contribution in [-0.4, -0.2) is 22.1 Å². The van der Waals surface area contributed by atoms with E-state index in [-0.39, 0.29) is 18.1 Å². The number of anilines is 1. The fourth-order valence-electron chi connectivity index (χ4n) is 2.49. The first-order valence-corrected chi connectivity index (χ1v) is 8.12. The van der Waals surface area contributed by atoms with Crippen molar-refractivity contribution in [3.8, 4) is 0 Å². The molecule has 1 aromatic carbocycles. The largest absolute Gasteiger partial charge is 0.481 e. The van der Waals surface area contributed by atoms with Crippen LogP contribution < -0.4 is 5.32 Å². The van der Waals surface area contributed by atoms with Crippen molar-refractivity contribution in [2.45, 2.75) is 45.4 Å². The quantitative estimate of drug-likeness (QED) is 0.767. The van der Waals surface area contributed by atoms with Crippen LogP contribution in [0.3, 0.4) is 0 Å². The van der Waals surface area contributed by atoms with Crippen molar-refractivity contribution in [1.82, 2.24) is 5.16 Å². The molecule has 0 unspecified atom stereocenters. The van der Waals surface area contributed by atoms with Crippen LogP contribution >= 0.6 is 0 Å². The van der Waals surface area contributed by atoms with Gasteiger partial charge in [0.1, 0.15) is 0 Å². The van der Waals surface area contributed by atoms with E-state index >= 15 is 0 Å². The minimum Gasteiger partial charge on any atom is -0.481 e. The Labute approximate surface area is 140 Å². The van der Waals surface area contributed by atoms with Crippen molar-refractivity contribution in [3.63, 3.8) is 0 Å². The Hall–Kier alpha value is -2.63. The highest BCUT2D eigenvalue weighted by molar-refractivity contribution is 6.02. The molecular weight excluding hydrogens is 308 g/mol. The van der Waals surface area contributed by atoms with Gasteiger partial charge in [-0.05, 0) is 37.0 Å². The van der Waals surface area contributed by atoms with Crippen molar-refractivity contribution in [2.75, 3.05) is 5.32 Å². The average molecular weight is 330 g/mol. The van der Waals surface area contributed by atoms with E-state index in [2.05, 4.69) is 24.3 Å². The molecule has 1 heterocycles. The number of hydrogen-bond acceptors (Lipinski definition) is 4. The zero-order valence-corrected chi connectivity index (χ0v) is 13.9. The summed E-state index contributed by atoms with van der Waals surface area (Å²) in [5.41, 5.74) is 2.33. The normalized spacial score (nSPS) is 10.8. The lowest BCUT2D eigenvalue weighted by molar-refractivity contribution is -0.136. The van der Waals surface area contributed by atoms with Crippen LogP contribution in [0.25, 0.3) is 0 Å². The van der Waals surface area contributed by atoms with Crippen LogP contribution in [0.5, 0.6) is 0 Å². The SMILES string of the molecule is CCC(CC)c1cc(C(=O)Nc2ccc(CCC(=O)O)cc2)on1. The van der Waals surface area contributed by atoms with Crippen LogP contribution in [-0.2, 0) is 11.2 Å². The molecule has 128 valence electrons. The smallest absolute Gasteiger partial charge is 0.303 e. The minimum absolute atomic E-state index is 0.0859. The summed E-state index contributed by atoms with van der Waals surface area (Å²) in [6.45, 7) is 4.16. The Morgan fingerprint density at radius 1 is 1.21 bits per heavy atom. The van der Waals surface area contributed by atoms with Crippen LogP contribution in [0.4, 0.5) is 5.69 Å². The molecule has 6 heteroatoms. The van der Waals surface area contributed by atoms with E-state index in [0.29, 0.717) is 18.0 Å². The second kappa shape index (κ2) is 8.29. The Morgan fingerprint density at radius 2 is 1.88 bits per heavy atom. The topological polar surface area (TPSA) is 92.4 Å². The molecule has 0 spiro atoms. The third-order valence-corrected chi connectivity index (χ3v) is 4.00. The fraction of sp³-hybridized carbons (Fsp3) is 0.389. The molecule has 0 fully saturated rings. The summed E-state index contributed by atoms with van der Waals surface area (Å²) in [5.74, 6) is -0.695. The summed E-state index contributed by atoms with van der Waals surface area (Å²) in [5, 5.41) is 15.4. The lowest BCUT2D eigenvalue weighted by atomic mass is 9.99. The third kappa shape index (κ3) is 4.68. The maximum absolute atomic E-state index is 12.2. The number of carboxylic acids is 1. The first-order chi connectivity index (χ1) is 11.5. The number of amides is 1. The standard InChI is InChI=1S/C18H22N2O4/c1-3-13(4-2)15-11-16(24-20-15)18(23)19-14-8-5-12(6-9-14)7-10-17(21)22/h5-6,8-9,11,13H,3-4,7,10H2,1-2H3,(H,19,23)(H,21,22). The number of carbonyl (C=O) groups is 2. The van der Waals surface area contributed by atoms with Gasteiger partial charge in [0.05, 0.1) is 5.69 Å². The van der Waals surface area contributed by atoms with Crippen LogP contribution in [0, 0.1) is 0 Å². The Bertz CT molecular complexity index is 687. The number of carbonyl (C=O) groups excluding carboxylic acids is 1. The zero-order chi connectivity index (χ0) is 17.5. The molecule has 0 atom stereocenters. The molecule has 0 aliphatic carbocycles. The van der Waals surface area contributed by atoms with Crippen molar-refractivity contribution in [3.05, 3.63) is 47.3 Å². The van der Waals surface area contributed by atoms with Gasteiger partial charge in [0.25, 0.3) is 5.91 Å². The molecule has 0 bridgehead atoms. The number of hydrogen-bond donors (Lipinski definition) is 2. The highest BCUT2D eigenvalue weighted by Crippen LogP contribution is 2.23. The van der Waals surface area contributed by atoms with E-state index in [1.807, 2.05) is 0 Å². The molecule has 0 saturated heterocycles. The van der Waals surface area contributed by atoms with Gasteiger partial charge < -0.3 is 14.9 Å². The minimum atomic E-state index is -0.828. The van der Waals surface area contributed by atoms with E-state index in [4.69, 9.17) is 9.63 Å². The van der Waals surface area contributed by atoms with Gasteiger partial charge in [-0.2, -0.15) is 0 Å². The van der Waals surface area contributed by atoms with Crippen molar-refractivity contribution < 1.29 is 19.2 Å². The predicted molar refractivity (Wildman–Crippen MR) is 90.2 cm³/mol. The average Bonchev–Trinajstić information content (AvgIpc) is 3.05. The van der Waals surface area contributed by atoms with E-state index in [1.54, 1.807) is 30.3 Å². The van der Waals surface area contributed by atoms with E-state index in [9.17, 15) is 9.59 Å². The van der Waals surface area contributed by atoms with Gasteiger partial charge >= 0.3 is 5.97 Å². The first-order valence-electron chi connectivity index (χ1n) is 8.12. The number of carboxylic acid groups (broad SMARTS) is 1. The molecule has 2 rings (SSSR count). The molecule has 2 aromatic rings. The van der Waals surface area contributed by atoms with Gasteiger partial charge in [-0.1, -0.05) is 31.1 Å². The third-order valence-electron chi connectivity index (χ3n) is 4.00. The molecule has 1 aromatic heterocycles. The molecular formula is C18H22N2O4. The molecule has 24 heavy (non-hydrogen) atoms. The van der Waals surface area contributed by atoms with Gasteiger partial charge in [0.2, 0.25) is 5.76 Å². The van der Waals surface area contributed by atoms with Crippen LogP contribution in [0.2, 0.25) is 0 Å². The van der Waals surface area contributed by atoms with Crippen molar-refractivity contribution in [2.24, 2.45) is 0 Å². The molecule has 1 amide bonds. The summed E-state index contributed by atoms with van der Waals surface area (Å²) in [6, 6.07) is 8.78. The van der Waals surface area contributed by atoms with Gasteiger partial charge in [0, 0.05) is 24.1 Å². The molecule has 2 N–H and O–H groups in total. The van der Waals surface area contributed by atoms with Gasteiger partial charge in [0.15, 0.2) is 0 Å². The summed E-state index contributed by atoms with van der Waals surface area (Å²) in [4.78, 5) is 22.8. The second-order valence-corrected chi connectivity index (χ2v) is 5.67. The number of aliphatic carboxylic acids is 1. The van der Waals surface area contributed by atoms with Gasteiger partial charge in [-0.15, -0.1) is 0 Å². The van der Waals surface area contributed by atoms with Gasteiger partial charge in [-0.3, -0.25) is 9.59 Å². The number of nitrogens with zero attached hydrogens (tertiary/aromatic N) is 1. The summed E-state index contributed by atoms with van der Waals surface area (Å²) < 4.78 is 5.14. The Balaban J connectivity index is 1.98. The number of rotatable bonds is 8. The molecule has 0 aliphatic heterocycles. The lowest BCUT2D eigenvalue weighted by Gasteiger charge is -2.06. The Kier molecular flexibility index (Phi) is 6.12. The molecule has 0 aliphatic rings. The van der Waals surface area contributed by atoms with Gasteiger partial charge in [-0.25, -0.2) is 0 Å². The number of aryl methyl sites for hydroxylation is 1. The van der Waals surface area contributed by atoms with Crippen molar-refractivity contribution >= 4 is 17.6 Å². The molecule has 0 saturated carbocycles. The van der Waals surface area contributed by atoms with Crippen molar-refractivity contribution in [1.29, 1.82) is 0 Å². The van der Waals surface area contributed by atoms with Crippen LogP contribution in [0.1, 0.15) is 60.8 Å². The summed E-state index contributed by atoms with van der Waals surface area (Å²) >= 11 is 0. The summed E-state index contributed by atoms with van der Waals surface area (Å²) in [6.07, 6.45) is 2.44. The fourth-order valence-corrected chi connectivity index (χ4v) is 2.49. The lowest BCUT2D eigenvalue weighted by Crippen LogP contribution is -2.11. The van der Waals surface area contributed by atoms with E-state index < -0.39 is 5.97 Å². The first kappa shape index (κ1) is 17.7. The maximum atomic E-state index is 12.2. The van der Waals surface area contributed by atoms with E-state index in [0.717, 1.165) is 24.1 Å². The molecule has 0 radical (unpaired) electrons. The van der Waals surface area contributed by atoms with E-state index in [1.165, 1.54) is 0 Å². The van der Waals surface area contributed by atoms with Crippen LogP contribution in [0.15, 0.2) is 34.9 Å². The summed E-state index contributed by atoms with van der Waals surface area (Å²) in [7, 11) is 0. The number of nitrogens with one attached hydrogen (secondary N) is 1. The predicted octanol–water partition coefficient (Wildman–Crippen LogP) is 3.85. The zero-order valence-electron chi connectivity index (χ0n) is 13.9. The number of aromatic nitrogens is 1. The maximum Gasteiger partial charge on any atom is 0.303 e. The Morgan fingerprint density at radius 3 is 2.46 bits per heavy atom. The highest BCUT2D eigenvalue weighted by Gasteiger charge is 2.17. The highest BCUT2D eigenvalue weighted by atomic mass is 16.5. The number of benzene rings is 1. The molecule has 6 nitrogen and oxygen atoms in total. The monoisotopic (exact) mass is 330 g/mol. The second-order valence-electron chi connectivity index (χ2n) is 5.67.